The van der Waals surface area contributed by atoms with E-state index in [1.54, 1.807) is 0 Å². The molecule has 0 N–H and O–H groups in total. The number of azide groups is 2. The molecular formula is C11H22N6O5. The minimum absolute atomic E-state index is 0.0168. The van der Waals surface area contributed by atoms with E-state index in [0.717, 1.165) is 0 Å². The van der Waals surface area contributed by atoms with Gasteiger partial charge in [-0.15, -0.1) is 0 Å². The molecule has 11 nitrogen and oxygen atoms in total. The van der Waals surface area contributed by atoms with E-state index in [-0.39, 0.29) is 6.73 Å². The van der Waals surface area contributed by atoms with Crippen molar-refractivity contribution in [1.29, 1.82) is 0 Å². The summed E-state index contributed by atoms with van der Waals surface area (Å²) >= 11 is 0. The van der Waals surface area contributed by atoms with Gasteiger partial charge in [0, 0.05) is 16.4 Å². The number of rotatable bonds is 17. The average Bonchev–Trinajstić information content (AvgIpc) is 2.54. The van der Waals surface area contributed by atoms with Gasteiger partial charge in [0.25, 0.3) is 0 Å². The molecule has 0 saturated heterocycles. The summed E-state index contributed by atoms with van der Waals surface area (Å²) in [6, 6.07) is 0. The SMILES string of the molecule is [N-]=[N+]=NCCOCCOCCOCCOCCOCN=[N+]=[N-]. The summed E-state index contributed by atoms with van der Waals surface area (Å²) in [7, 11) is 0. The second kappa shape index (κ2) is 19.4. The molecular weight excluding hydrogens is 296 g/mol. The van der Waals surface area contributed by atoms with Crippen LogP contribution in [0.4, 0.5) is 0 Å². The summed E-state index contributed by atoms with van der Waals surface area (Å²) in [5, 5.41) is 6.55. The van der Waals surface area contributed by atoms with Gasteiger partial charge in [-0.2, -0.15) is 0 Å². The van der Waals surface area contributed by atoms with E-state index in [2.05, 4.69) is 20.1 Å². The van der Waals surface area contributed by atoms with Gasteiger partial charge in [-0.05, 0) is 11.1 Å². The van der Waals surface area contributed by atoms with Crippen LogP contribution in [0.1, 0.15) is 0 Å². The third-order valence-corrected chi connectivity index (χ3v) is 2.10. The minimum atomic E-state index is 0.0168. The lowest BCUT2D eigenvalue weighted by Gasteiger charge is -2.07. The van der Waals surface area contributed by atoms with Gasteiger partial charge >= 0.3 is 0 Å². The second-order valence-electron chi connectivity index (χ2n) is 3.67. The van der Waals surface area contributed by atoms with Crippen LogP contribution in [-0.2, 0) is 23.7 Å². The van der Waals surface area contributed by atoms with E-state index < -0.39 is 0 Å². The third kappa shape index (κ3) is 18.4. The van der Waals surface area contributed by atoms with Gasteiger partial charge < -0.3 is 23.7 Å². The van der Waals surface area contributed by atoms with E-state index in [4.69, 9.17) is 34.7 Å². The van der Waals surface area contributed by atoms with Crippen LogP contribution in [0.5, 0.6) is 0 Å². The lowest BCUT2D eigenvalue weighted by molar-refractivity contribution is -0.0101. The van der Waals surface area contributed by atoms with Crippen molar-refractivity contribution in [2.75, 3.05) is 72.7 Å². The lowest BCUT2D eigenvalue weighted by atomic mass is 10.7. The zero-order valence-corrected chi connectivity index (χ0v) is 12.5. The lowest BCUT2D eigenvalue weighted by Crippen LogP contribution is -2.13. The number of hydrogen-bond donors (Lipinski definition) is 0. The first-order valence-electron chi connectivity index (χ1n) is 6.82. The Balaban J connectivity index is 2.99. The number of nitrogens with zero attached hydrogens (tertiary/aromatic N) is 6. The van der Waals surface area contributed by atoms with Crippen molar-refractivity contribution in [3.05, 3.63) is 20.9 Å². The molecule has 0 saturated carbocycles. The van der Waals surface area contributed by atoms with Crippen LogP contribution in [0.25, 0.3) is 20.9 Å². The van der Waals surface area contributed by atoms with Crippen molar-refractivity contribution in [2.24, 2.45) is 10.2 Å². The largest absolute Gasteiger partial charge is 0.379 e. The number of hydrogen-bond acceptors (Lipinski definition) is 7. The zero-order chi connectivity index (χ0) is 16.1. The first-order valence-corrected chi connectivity index (χ1v) is 6.82. The van der Waals surface area contributed by atoms with Gasteiger partial charge in [0.2, 0.25) is 0 Å². The maximum atomic E-state index is 8.03. The monoisotopic (exact) mass is 318 g/mol. The van der Waals surface area contributed by atoms with Gasteiger partial charge in [0.1, 0.15) is 6.73 Å². The molecule has 11 heteroatoms. The molecule has 0 bridgehead atoms. The Kier molecular flexibility index (Phi) is 18.0. The van der Waals surface area contributed by atoms with E-state index in [0.29, 0.717) is 66.0 Å². The van der Waals surface area contributed by atoms with Crippen molar-refractivity contribution >= 4 is 0 Å². The first-order chi connectivity index (χ1) is 10.9. The highest BCUT2D eigenvalue weighted by Crippen LogP contribution is 1.84. The fourth-order valence-corrected chi connectivity index (χ4v) is 1.16. The van der Waals surface area contributed by atoms with Crippen molar-refractivity contribution in [3.8, 4) is 0 Å². The van der Waals surface area contributed by atoms with Crippen LogP contribution in [0.15, 0.2) is 10.2 Å². The van der Waals surface area contributed by atoms with Gasteiger partial charge in [0.15, 0.2) is 0 Å². The van der Waals surface area contributed by atoms with Gasteiger partial charge in [-0.25, -0.2) is 0 Å². The topological polar surface area (TPSA) is 144 Å². The van der Waals surface area contributed by atoms with Crippen LogP contribution in [0, 0.1) is 0 Å². The van der Waals surface area contributed by atoms with E-state index >= 15 is 0 Å². The quantitative estimate of drug-likeness (QED) is 0.173. The molecule has 22 heavy (non-hydrogen) atoms. The van der Waals surface area contributed by atoms with Crippen molar-refractivity contribution in [2.45, 2.75) is 0 Å². The van der Waals surface area contributed by atoms with Crippen LogP contribution in [0.3, 0.4) is 0 Å². The highest BCUT2D eigenvalue weighted by Gasteiger charge is 1.93. The standard InChI is InChI=1S/C11H22N6O5/c12-16-14-1-2-18-3-4-19-5-6-20-7-8-21-9-10-22-11-15-17-13/h1-11H2. The molecule has 0 aliphatic rings. The molecule has 0 rings (SSSR count). The molecule has 0 atom stereocenters. The average molecular weight is 318 g/mol. The maximum absolute atomic E-state index is 8.03. The fourth-order valence-electron chi connectivity index (χ4n) is 1.16. The molecule has 0 unspecified atom stereocenters. The van der Waals surface area contributed by atoms with Crippen molar-refractivity contribution in [3.63, 3.8) is 0 Å². The molecule has 0 aromatic rings. The normalized spacial score (nSPS) is 10.0. The van der Waals surface area contributed by atoms with Crippen molar-refractivity contribution in [1.82, 2.24) is 0 Å². The summed E-state index contributed by atoms with van der Waals surface area (Å²) in [6.07, 6.45) is 0. The first kappa shape index (κ1) is 20.4. The van der Waals surface area contributed by atoms with Gasteiger partial charge in [-0.3, -0.25) is 0 Å². The fraction of sp³-hybridized carbons (Fsp3) is 1.00. The Hall–Kier alpha value is -1.58. The summed E-state index contributed by atoms with van der Waals surface area (Å²) in [6.45, 7) is 4.38. The van der Waals surface area contributed by atoms with E-state index in [9.17, 15) is 0 Å². The minimum Gasteiger partial charge on any atom is -0.379 e. The Morgan fingerprint density at radius 1 is 0.545 bits per heavy atom. The molecule has 0 amide bonds. The van der Waals surface area contributed by atoms with E-state index in [1.807, 2.05) is 0 Å². The number of ether oxygens (including phenoxy) is 5. The highest BCUT2D eigenvalue weighted by atomic mass is 16.6. The Morgan fingerprint density at radius 3 is 1.41 bits per heavy atom. The molecule has 0 aliphatic heterocycles. The molecule has 0 spiro atoms. The summed E-state index contributed by atoms with van der Waals surface area (Å²) in [5.41, 5.74) is 16.0. The van der Waals surface area contributed by atoms with Crippen LogP contribution in [-0.4, -0.2) is 72.7 Å². The predicted octanol–water partition coefficient (Wildman–Crippen LogP) is 1.65. The molecule has 0 fully saturated rings. The summed E-state index contributed by atoms with van der Waals surface area (Å²) < 4.78 is 25.9. The van der Waals surface area contributed by atoms with Crippen LogP contribution >= 0.6 is 0 Å². The smallest absolute Gasteiger partial charge is 0.126 e. The molecule has 0 aromatic heterocycles. The summed E-state index contributed by atoms with van der Waals surface area (Å²) in [5.74, 6) is 0. The molecule has 0 heterocycles. The Bertz CT molecular complexity index is 301. The zero-order valence-electron chi connectivity index (χ0n) is 12.5. The van der Waals surface area contributed by atoms with Gasteiger partial charge in [-0.1, -0.05) is 10.2 Å². The third-order valence-electron chi connectivity index (χ3n) is 2.10. The highest BCUT2D eigenvalue weighted by molar-refractivity contribution is 4.44. The molecule has 126 valence electrons. The molecule has 0 radical (unpaired) electrons. The summed E-state index contributed by atoms with van der Waals surface area (Å²) in [4.78, 5) is 5.16. The van der Waals surface area contributed by atoms with Crippen molar-refractivity contribution < 1.29 is 23.7 Å². The van der Waals surface area contributed by atoms with Crippen LogP contribution in [0.2, 0.25) is 0 Å². The van der Waals surface area contributed by atoms with Crippen LogP contribution < -0.4 is 0 Å². The Labute approximate surface area is 128 Å². The Morgan fingerprint density at radius 2 is 0.955 bits per heavy atom. The van der Waals surface area contributed by atoms with E-state index in [1.165, 1.54) is 0 Å². The predicted molar refractivity (Wildman–Crippen MR) is 77.3 cm³/mol. The molecule has 0 aromatic carbocycles. The van der Waals surface area contributed by atoms with Gasteiger partial charge in [0.05, 0.1) is 59.5 Å². The maximum Gasteiger partial charge on any atom is 0.126 e. The second-order valence-corrected chi connectivity index (χ2v) is 3.67. The molecule has 0 aliphatic carbocycles.